The van der Waals surface area contributed by atoms with E-state index in [0.29, 0.717) is 15.9 Å². The monoisotopic (exact) mass is 330 g/mol. The molecule has 0 saturated heterocycles. The first-order valence-electron chi connectivity index (χ1n) is 7.05. The van der Waals surface area contributed by atoms with Crippen LogP contribution in [0.3, 0.4) is 0 Å². The smallest absolute Gasteiger partial charge is 0.357 e. The van der Waals surface area contributed by atoms with Gasteiger partial charge in [-0.3, -0.25) is 5.10 Å². The Labute approximate surface area is 137 Å². The van der Waals surface area contributed by atoms with Crippen molar-refractivity contribution >= 4 is 28.5 Å². The van der Waals surface area contributed by atoms with Crippen molar-refractivity contribution in [3.05, 3.63) is 52.7 Å². The predicted octanol–water partition coefficient (Wildman–Crippen LogP) is 4.29. The lowest BCUT2D eigenvalue weighted by Crippen LogP contribution is -1.97. The maximum absolute atomic E-state index is 11.2. The first-order chi connectivity index (χ1) is 11.0. The number of methoxy groups -OCH3 is 1. The first-order valence-corrected chi connectivity index (χ1v) is 7.43. The number of hydrogen-bond acceptors (Lipinski definition) is 3. The molecule has 0 fully saturated rings. The average Bonchev–Trinajstić information content (AvgIpc) is 2.96. The fraction of sp³-hybridized carbons (Fsp3) is 0.176. The molecule has 0 saturated carbocycles. The maximum atomic E-state index is 11.2. The van der Waals surface area contributed by atoms with Gasteiger partial charge in [0.25, 0.3) is 0 Å². The zero-order chi connectivity index (χ0) is 16.6. The van der Waals surface area contributed by atoms with E-state index in [1.54, 1.807) is 19.2 Å². The van der Waals surface area contributed by atoms with Crippen LogP contribution >= 0.6 is 11.6 Å². The average molecular weight is 331 g/mol. The highest BCUT2D eigenvalue weighted by atomic mass is 35.5. The number of carboxylic acids is 1. The molecule has 2 aromatic carbocycles. The molecule has 1 aromatic heterocycles. The second-order valence-corrected chi connectivity index (χ2v) is 5.66. The van der Waals surface area contributed by atoms with Gasteiger partial charge in [0, 0.05) is 18.1 Å². The molecule has 5 nitrogen and oxygen atoms in total. The normalized spacial score (nSPS) is 12.5. The fourth-order valence-electron chi connectivity index (χ4n) is 2.49. The molecule has 3 aromatic rings. The highest BCUT2D eigenvalue weighted by Gasteiger charge is 2.16. The van der Waals surface area contributed by atoms with Crippen LogP contribution in [0.5, 0.6) is 0 Å². The van der Waals surface area contributed by atoms with Crippen molar-refractivity contribution in [2.45, 2.75) is 13.0 Å². The van der Waals surface area contributed by atoms with Gasteiger partial charge in [-0.15, -0.1) is 0 Å². The molecule has 0 bridgehead atoms. The van der Waals surface area contributed by atoms with E-state index >= 15 is 0 Å². The van der Waals surface area contributed by atoms with Crippen LogP contribution in [0.1, 0.15) is 29.1 Å². The third kappa shape index (κ3) is 2.81. The van der Waals surface area contributed by atoms with Gasteiger partial charge in [-0.1, -0.05) is 35.9 Å². The number of fused-ring (bicyclic) bond motifs is 1. The third-order valence-corrected chi connectivity index (χ3v) is 4.21. The minimum Gasteiger partial charge on any atom is -0.476 e. The Morgan fingerprint density at radius 3 is 2.61 bits per heavy atom. The SMILES string of the molecule is CO[C@@H](C)c1ccc(-c2cc3c(C(=O)O)n[nH]c3cc2Cl)cc1. The quantitative estimate of drug-likeness (QED) is 0.748. The topological polar surface area (TPSA) is 75.2 Å². The van der Waals surface area contributed by atoms with E-state index < -0.39 is 5.97 Å². The van der Waals surface area contributed by atoms with Crippen LogP contribution in [0.4, 0.5) is 0 Å². The number of nitrogens with zero attached hydrogens (tertiary/aromatic N) is 1. The van der Waals surface area contributed by atoms with Crippen LogP contribution in [0.2, 0.25) is 5.02 Å². The number of halogens is 1. The summed E-state index contributed by atoms with van der Waals surface area (Å²) in [5, 5.41) is 16.8. The van der Waals surface area contributed by atoms with Crippen LogP contribution in [0.25, 0.3) is 22.0 Å². The Balaban J connectivity index is 2.10. The van der Waals surface area contributed by atoms with Gasteiger partial charge in [0.1, 0.15) is 0 Å². The molecule has 0 amide bonds. The predicted molar refractivity (Wildman–Crippen MR) is 88.9 cm³/mol. The Hall–Kier alpha value is -2.37. The van der Waals surface area contributed by atoms with Gasteiger partial charge in [-0.05, 0) is 30.2 Å². The Morgan fingerprint density at radius 1 is 1.30 bits per heavy atom. The van der Waals surface area contributed by atoms with Crippen molar-refractivity contribution in [1.82, 2.24) is 10.2 Å². The van der Waals surface area contributed by atoms with Crippen LogP contribution in [0.15, 0.2) is 36.4 Å². The van der Waals surface area contributed by atoms with Crippen molar-refractivity contribution in [1.29, 1.82) is 0 Å². The number of carboxylic acid groups (broad SMARTS) is 1. The van der Waals surface area contributed by atoms with Crippen molar-refractivity contribution in [3.8, 4) is 11.1 Å². The lowest BCUT2D eigenvalue weighted by Gasteiger charge is -2.11. The lowest BCUT2D eigenvalue weighted by atomic mass is 10.0. The summed E-state index contributed by atoms with van der Waals surface area (Å²) in [4.78, 5) is 11.2. The van der Waals surface area contributed by atoms with Crippen molar-refractivity contribution < 1.29 is 14.6 Å². The van der Waals surface area contributed by atoms with Crippen molar-refractivity contribution in [2.75, 3.05) is 7.11 Å². The molecule has 0 aliphatic carbocycles. The van der Waals surface area contributed by atoms with E-state index in [-0.39, 0.29) is 11.8 Å². The number of carbonyl (C=O) groups is 1. The second-order valence-electron chi connectivity index (χ2n) is 5.25. The summed E-state index contributed by atoms with van der Waals surface area (Å²) in [5.74, 6) is -1.08. The van der Waals surface area contributed by atoms with E-state index in [4.69, 9.17) is 16.3 Å². The lowest BCUT2D eigenvalue weighted by molar-refractivity contribution is 0.0692. The summed E-state index contributed by atoms with van der Waals surface area (Å²) >= 11 is 6.34. The molecule has 3 rings (SSSR count). The number of aromatic carboxylic acids is 1. The van der Waals surface area contributed by atoms with Crippen molar-refractivity contribution in [3.63, 3.8) is 0 Å². The van der Waals surface area contributed by atoms with Gasteiger partial charge < -0.3 is 9.84 Å². The second kappa shape index (κ2) is 6.02. The number of ether oxygens (including phenoxy) is 1. The number of H-pyrrole nitrogens is 1. The summed E-state index contributed by atoms with van der Waals surface area (Å²) in [7, 11) is 1.66. The molecule has 1 heterocycles. The highest BCUT2D eigenvalue weighted by molar-refractivity contribution is 6.34. The minimum atomic E-state index is -1.08. The van der Waals surface area contributed by atoms with E-state index in [9.17, 15) is 9.90 Å². The molecule has 6 heteroatoms. The molecule has 0 aliphatic rings. The fourth-order valence-corrected chi connectivity index (χ4v) is 2.76. The molecule has 0 spiro atoms. The van der Waals surface area contributed by atoms with Crippen LogP contribution in [-0.4, -0.2) is 28.4 Å². The molecule has 1 atom stereocenters. The van der Waals surface area contributed by atoms with Gasteiger partial charge in [0.2, 0.25) is 0 Å². The third-order valence-electron chi connectivity index (χ3n) is 3.90. The molecular formula is C17H15ClN2O3. The Morgan fingerprint density at radius 2 is 2.00 bits per heavy atom. The van der Waals surface area contributed by atoms with E-state index in [0.717, 1.165) is 16.7 Å². The standard InChI is InChI=1S/C17H15ClN2O3/c1-9(23-2)10-3-5-11(6-4-10)12-7-13-15(8-14(12)18)19-20-16(13)17(21)22/h3-9H,1-2H3,(H,19,20)(H,21,22)/t9-/m0/s1. The van der Waals surface area contributed by atoms with Gasteiger partial charge in [-0.25, -0.2) is 4.79 Å². The number of aromatic nitrogens is 2. The van der Waals surface area contributed by atoms with Crippen LogP contribution < -0.4 is 0 Å². The summed E-state index contributed by atoms with van der Waals surface area (Å²) < 4.78 is 5.29. The van der Waals surface area contributed by atoms with Crippen molar-refractivity contribution in [2.24, 2.45) is 0 Å². The zero-order valence-electron chi connectivity index (χ0n) is 12.6. The van der Waals surface area contributed by atoms with Gasteiger partial charge in [-0.2, -0.15) is 5.10 Å². The first kappa shape index (κ1) is 15.5. The number of nitrogens with one attached hydrogen (secondary N) is 1. The van der Waals surface area contributed by atoms with E-state index in [1.807, 2.05) is 31.2 Å². The highest BCUT2D eigenvalue weighted by Crippen LogP contribution is 2.33. The minimum absolute atomic E-state index is 0.00879. The summed E-state index contributed by atoms with van der Waals surface area (Å²) in [6.07, 6.45) is 0.00879. The summed E-state index contributed by atoms with van der Waals surface area (Å²) in [5.41, 5.74) is 3.31. The Kier molecular flexibility index (Phi) is 4.07. The number of rotatable bonds is 4. The largest absolute Gasteiger partial charge is 0.476 e. The van der Waals surface area contributed by atoms with Crippen LogP contribution in [0, 0.1) is 0 Å². The van der Waals surface area contributed by atoms with Gasteiger partial charge in [0.05, 0.1) is 16.6 Å². The number of aromatic amines is 1. The Bertz CT molecular complexity index is 871. The number of hydrogen-bond donors (Lipinski definition) is 2. The molecule has 0 aliphatic heterocycles. The maximum Gasteiger partial charge on any atom is 0.357 e. The molecule has 0 radical (unpaired) electrons. The molecule has 2 N–H and O–H groups in total. The summed E-state index contributed by atoms with van der Waals surface area (Å²) in [6, 6.07) is 11.3. The summed E-state index contributed by atoms with van der Waals surface area (Å²) in [6.45, 7) is 1.97. The van der Waals surface area contributed by atoms with E-state index in [1.165, 1.54) is 0 Å². The number of benzene rings is 2. The molecule has 23 heavy (non-hydrogen) atoms. The van der Waals surface area contributed by atoms with Gasteiger partial charge in [0.15, 0.2) is 5.69 Å². The van der Waals surface area contributed by atoms with Gasteiger partial charge >= 0.3 is 5.97 Å². The van der Waals surface area contributed by atoms with Crippen LogP contribution in [-0.2, 0) is 4.74 Å². The molecular weight excluding hydrogens is 316 g/mol. The zero-order valence-corrected chi connectivity index (χ0v) is 13.4. The van der Waals surface area contributed by atoms with E-state index in [2.05, 4.69) is 10.2 Å². The molecule has 0 unspecified atom stereocenters. The molecule has 118 valence electrons.